The summed E-state index contributed by atoms with van der Waals surface area (Å²) < 4.78 is 8.18. The molecule has 8 nitrogen and oxygen atoms in total. The van der Waals surface area contributed by atoms with E-state index in [1.165, 1.54) is 17.3 Å². The second kappa shape index (κ2) is 16.8. The number of anilines is 2. The van der Waals surface area contributed by atoms with Gasteiger partial charge in [0.05, 0.1) is 5.75 Å². The zero-order chi connectivity index (χ0) is 37.3. The first-order chi connectivity index (χ1) is 26.4. The van der Waals surface area contributed by atoms with Crippen LogP contribution in [0.3, 0.4) is 0 Å². The lowest BCUT2D eigenvalue weighted by Gasteiger charge is -2.12. The Morgan fingerprint density at radius 3 is 2.09 bits per heavy atom. The molecule has 0 fully saturated rings. The Bertz CT molecular complexity index is 2440. The van der Waals surface area contributed by atoms with Crippen LogP contribution < -0.4 is 20.7 Å². The maximum absolute atomic E-state index is 13.6. The summed E-state index contributed by atoms with van der Waals surface area (Å²) in [6.45, 7) is 3.42. The molecular weight excluding hydrogens is 693 g/mol. The quantitative estimate of drug-likeness (QED) is 0.0811. The summed E-state index contributed by atoms with van der Waals surface area (Å²) in [5.41, 5.74) is 5.87. The van der Waals surface area contributed by atoms with Crippen LogP contribution in [-0.4, -0.2) is 28.0 Å². The minimum atomic E-state index is -0.484. The number of fused-ring (bicyclic) bond motifs is 3. The summed E-state index contributed by atoms with van der Waals surface area (Å²) in [7, 11) is 0. The molecule has 0 atom stereocenters. The number of ether oxygens (including phenoxy) is 1. The molecule has 54 heavy (non-hydrogen) atoms. The van der Waals surface area contributed by atoms with Crippen molar-refractivity contribution in [2.75, 3.05) is 16.4 Å². The molecule has 0 saturated carbocycles. The monoisotopic (exact) mass is 730 g/mol. The number of amides is 3. The highest BCUT2D eigenvalue weighted by molar-refractivity contribution is 8.00. The normalized spacial score (nSPS) is 11.3. The second-order valence-electron chi connectivity index (χ2n) is 12.5. The van der Waals surface area contributed by atoms with Crippen LogP contribution in [0, 0.1) is 0 Å². The summed E-state index contributed by atoms with van der Waals surface area (Å²) >= 11 is 1.40. The number of hydrogen-bond acceptors (Lipinski definition) is 5. The molecule has 6 aromatic carbocycles. The zero-order valence-corrected chi connectivity index (χ0v) is 30.4. The van der Waals surface area contributed by atoms with Crippen LogP contribution in [0.5, 0.6) is 5.75 Å². The van der Waals surface area contributed by atoms with Crippen molar-refractivity contribution < 1.29 is 19.1 Å². The van der Waals surface area contributed by atoms with Crippen molar-refractivity contribution in [2.24, 2.45) is 0 Å². The Balaban J connectivity index is 0.983. The van der Waals surface area contributed by atoms with E-state index in [0.29, 0.717) is 29.2 Å². The van der Waals surface area contributed by atoms with Crippen molar-refractivity contribution in [1.29, 1.82) is 0 Å². The van der Waals surface area contributed by atoms with Gasteiger partial charge < -0.3 is 25.3 Å². The number of benzene rings is 6. The number of para-hydroxylation sites is 1. The summed E-state index contributed by atoms with van der Waals surface area (Å²) in [6.07, 6.45) is 1.62. The van der Waals surface area contributed by atoms with E-state index in [1.54, 1.807) is 42.5 Å². The zero-order valence-electron chi connectivity index (χ0n) is 29.6. The second-order valence-corrected chi connectivity index (χ2v) is 13.6. The van der Waals surface area contributed by atoms with E-state index in [1.807, 2.05) is 97.1 Å². The van der Waals surface area contributed by atoms with Crippen LogP contribution in [0.25, 0.3) is 27.9 Å². The van der Waals surface area contributed by atoms with Crippen LogP contribution in [0.15, 0.2) is 162 Å². The first kappa shape index (κ1) is 35.8. The van der Waals surface area contributed by atoms with Crippen molar-refractivity contribution in [1.82, 2.24) is 9.88 Å². The van der Waals surface area contributed by atoms with Gasteiger partial charge in [-0.05, 0) is 96.9 Å². The number of carbonyl (C=O) groups excluding carboxylic acids is 3. The summed E-state index contributed by atoms with van der Waals surface area (Å²) in [6, 6.07) is 47.5. The third kappa shape index (κ3) is 8.71. The van der Waals surface area contributed by atoms with Crippen molar-refractivity contribution in [3.8, 4) is 5.75 Å². The van der Waals surface area contributed by atoms with Gasteiger partial charge in [-0.25, -0.2) is 0 Å². The van der Waals surface area contributed by atoms with Gasteiger partial charge in [-0.3, -0.25) is 14.4 Å². The van der Waals surface area contributed by atoms with Crippen molar-refractivity contribution in [2.45, 2.75) is 25.0 Å². The first-order valence-electron chi connectivity index (χ1n) is 17.6. The number of nitrogens with zero attached hydrogens (tertiary/aromatic N) is 1. The molecule has 9 heteroatoms. The van der Waals surface area contributed by atoms with Gasteiger partial charge in [0.1, 0.15) is 18.1 Å². The molecule has 1 heterocycles. The third-order valence-corrected chi connectivity index (χ3v) is 9.83. The maximum atomic E-state index is 13.6. The van der Waals surface area contributed by atoms with Gasteiger partial charge in [-0.2, -0.15) is 0 Å². The topological polar surface area (TPSA) is 101 Å². The Hall–Kier alpha value is -6.58. The predicted octanol–water partition coefficient (Wildman–Crippen LogP) is 9.53. The fraction of sp³-hybridized carbons (Fsp3) is 0.0889. The van der Waals surface area contributed by atoms with Crippen LogP contribution in [0.2, 0.25) is 0 Å². The number of nitrogens with one attached hydrogen (secondary N) is 3. The third-order valence-electron chi connectivity index (χ3n) is 8.82. The molecule has 0 bridgehead atoms. The summed E-state index contributed by atoms with van der Waals surface area (Å²) in [5, 5.41) is 11.0. The van der Waals surface area contributed by atoms with Gasteiger partial charge in [-0.15, -0.1) is 11.8 Å². The predicted molar refractivity (Wildman–Crippen MR) is 219 cm³/mol. The molecule has 0 aliphatic rings. The minimum absolute atomic E-state index is 0.0781. The largest absolute Gasteiger partial charge is 0.489 e. The number of aryl methyl sites for hydroxylation is 1. The van der Waals surface area contributed by atoms with Crippen LogP contribution in [-0.2, 0) is 22.7 Å². The lowest BCUT2D eigenvalue weighted by molar-refractivity contribution is -0.114. The Kier molecular flexibility index (Phi) is 11.2. The SMILES string of the molecule is CCn1c2ccccc2c2cc(NC(=O)CSc3ccc(NC(=O)/C(=C/c4ccc(OCc5ccccc5)cc4)NC(=O)c4ccccc4)cc3)ccc21. The van der Waals surface area contributed by atoms with Gasteiger partial charge in [0.2, 0.25) is 5.91 Å². The van der Waals surface area contributed by atoms with Crippen molar-refractivity contribution in [3.05, 3.63) is 174 Å². The average Bonchev–Trinajstić information content (AvgIpc) is 3.53. The van der Waals surface area contributed by atoms with Crippen LogP contribution in [0.4, 0.5) is 11.4 Å². The van der Waals surface area contributed by atoms with Gasteiger partial charge >= 0.3 is 0 Å². The molecule has 0 radical (unpaired) electrons. The minimum Gasteiger partial charge on any atom is -0.489 e. The highest BCUT2D eigenvalue weighted by Gasteiger charge is 2.16. The molecule has 0 aliphatic carbocycles. The number of rotatable bonds is 13. The van der Waals surface area contributed by atoms with E-state index in [0.717, 1.165) is 39.0 Å². The molecule has 3 N–H and O–H groups in total. The van der Waals surface area contributed by atoms with E-state index in [4.69, 9.17) is 4.74 Å². The molecule has 0 saturated heterocycles. The lowest BCUT2D eigenvalue weighted by Crippen LogP contribution is -2.30. The lowest BCUT2D eigenvalue weighted by atomic mass is 10.1. The van der Waals surface area contributed by atoms with E-state index in [9.17, 15) is 14.4 Å². The highest BCUT2D eigenvalue weighted by atomic mass is 32.2. The van der Waals surface area contributed by atoms with E-state index in [-0.39, 0.29) is 17.4 Å². The smallest absolute Gasteiger partial charge is 0.272 e. The molecule has 0 aliphatic heterocycles. The number of hydrogen-bond donors (Lipinski definition) is 3. The van der Waals surface area contributed by atoms with Crippen LogP contribution >= 0.6 is 11.8 Å². The Labute approximate surface area is 317 Å². The van der Waals surface area contributed by atoms with Gasteiger partial charge in [0.25, 0.3) is 11.8 Å². The van der Waals surface area contributed by atoms with Gasteiger partial charge in [0.15, 0.2) is 0 Å². The van der Waals surface area contributed by atoms with E-state index < -0.39 is 11.8 Å². The van der Waals surface area contributed by atoms with Crippen LogP contribution in [0.1, 0.15) is 28.4 Å². The fourth-order valence-electron chi connectivity index (χ4n) is 6.16. The van der Waals surface area contributed by atoms with Gasteiger partial charge in [0, 0.05) is 50.2 Å². The summed E-state index contributed by atoms with van der Waals surface area (Å²) in [4.78, 5) is 40.5. The van der Waals surface area contributed by atoms with Crippen molar-refractivity contribution in [3.63, 3.8) is 0 Å². The number of thioether (sulfide) groups is 1. The standard InChI is InChI=1S/C45H38N4O4S/c1-2-49-41-16-10-9-15-38(41)39-28-35(21-26-42(39)49)46-43(50)30-54-37-24-19-34(20-25-37)47-45(52)40(48-44(51)33-13-7-4-8-14-33)27-31-17-22-36(23-18-31)53-29-32-11-5-3-6-12-32/h3-28H,2,29-30H2,1H3,(H,46,50)(H,47,52)(H,48,51)/b40-27-. The highest BCUT2D eigenvalue weighted by Crippen LogP contribution is 2.31. The summed E-state index contributed by atoms with van der Waals surface area (Å²) in [5.74, 6) is -0.103. The number of aromatic nitrogens is 1. The molecule has 268 valence electrons. The molecule has 0 unspecified atom stereocenters. The number of carbonyl (C=O) groups is 3. The molecule has 1 aromatic heterocycles. The van der Waals surface area contributed by atoms with Gasteiger partial charge in [-0.1, -0.05) is 78.9 Å². The Morgan fingerprint density at radius 2 is 1.35 bits per heavy atom. The molecule has 0 spiro atoms. The average molecular weight is 731 g/mol. The van der Waals surface area contributed by atoms with E-state index >= 15 is 0 Å². The molecule has 7 aromatic rings. The maximum Gasteiger partial charge on any atom is 0.272 e. The first-order valence-corrected chi connectivity index (χ1v) is 18.6. The molecule has 3 amide bonds. The van der Waals surface area contributed by atoms with Crippen molar-refractivity contribution >= 4 is 68.7 Å². The fourth-order valence-corrected chi connectivity index (χ4v) is 6.86. The molecular formula is C45H38N4O4S. The molecule has 7 rings (SSSR count). The Morgan fingerprint density at radius 1 is 0.685 bits per heavy atom. The van der Waals surface area contributed by atoms with E-state index in [2.05, 4.69) is 45.6 Å².